The lowest BCUT2D eigenvalue weighted by molar-refractivity contribution is 0.0600. The molecule has 2 aromatic heterocycles. The van der Waals surface area contributed by atoms with Gasteiger partial charge < -0.3 is 15.8 Å². The second-order valence-electron chi connectivity index (χ2n) is 9.15. The van der Waals surface area contributed by atoms with Crippen LogP contribution in [0.5, 0.6) is 0 Å². The summed E-state index contributed by atoms with van der Waals surface area (Å²) in [4.78, 5) is 21.1. The Hall–Kier alpha value is -3.78. The van der Waals surface area contributed by atoms with E-state index >= 15 is 0 Å². The van der Waals surface area contributed by atoms with E-state index in [9.17, 15) is 4.79 Å². The molecule has 3 N–H and O–H groups in total. The van der Waals surface area contributed by atoms with Crippen LogP contribution < -0.4 is 11.1 Å². The van der Waals surface area contributed by atoms with Gasteiger partial charge in [-0.2, -0.15) is 10.1 Å². The highest BCUT2D eigenvalue weighted by molar-refractivity contribution is 5.91. The summed E-state index contributed by atoms with van der Waals surface area (Å²) in [5.41, 5.74) is 10.4. The summed E-state index contributed by atoms with van der Waals surface area (Å²) < 4.78 is 6.80. The summed E-state index contributed by atoms with van der Waals surface area (Å²) >= 11 is 0. The monoisotopic (exact) mass is 470 g/mol. The molecule has 1 aliphatic rings. The Morgan fingerprint density at radius 3 is 2.54 bits per heavy atom. The first-order chi connectivity index (χ1) is 17.1. The van der Waals surface area contributed by atoms with Crippen molar-refractivity contribution in [3.63, 3.8) is 0 Å². The highest BCUT2D eigenvalue weighted by atomic mass is 16.5. The van der Waals surface area contributed by atoms with E-state index in [1.807, 2.05) is 41.2 Å². The number of methoxy groups -OCH3 is 1. The summed E-state index contributed by atoms with van der Waals surface area (Å²) in [6, 6.07) is 17.8. The first-order valence-corrected chi connectivity index (χ1v) is 12.1. The number of carbonyl (C=O) groups excluding carboxylic acids is 1. The molecule has 1 aliphatic carbocycles. The maximum atomic E-state index is 11.7. The number of nitrogens with zero attached hydrogens (tertiary/aromatic N) is 4. The minimum Gasteiger partial charge on any atom is -0.465 e. The molecule has 0 radical (unpaired) electrons. The van der Waals surface area contributed by atoms with Gasteiger partial charge in [0.2, 0.25) is 5.95 Å². The number of nitrogens with one attached hydrogen (secondary N) is 1. The van der Waals surface area contributed by atoms with Crippen molar-refractivity contribution in [2.24, 2.45) is 11.7 Å². The molecule has 4 aromatic rings. The zero-order valence-electron chi connectivity index (χ0n) is 19.9. The van der Waals surface area contributed by atoms with Crippen molar-refractivity contribution < 1.29 is 9.53 Å². The molecule has 35 heavy (non-hydrogen) atoms. The quantitative estimate of drug-likeness (QED) is 0.385. The third kappa shape index (κ3) is 5.17. The number of anilines is 1. The second kappa shape index (κ2) is 10.2. The van der Waals surface area contributed by atoms with Gasteiger partial charge in [0.05, 0.1) is 18.1 Å². The van der Waals surface area contributed by atoms with Gasteiger partial charge in [0.1, 0.15) is 5.69 Å². The van der Waals surface area contributed by atoms with Crippen LogP contribution in [0.2, 0.25) is 0 Å². The van der Waals surface area contributed by atoms with Crippen molar-refractivity contribution in [3.05, 3.63) is 71.9 Å². The maximum Gasteiger partial charge on any atom is 0.337 e. The number of ether oxygens (including phenoxy) is 1. The van der Waals surface area contributed by atoms with Gasteiger partial charge >= 0.3 is 5.97 Å². The lowest BCUT2D eigenvalue weighted by atomic mass is 9.86. The lowest BCUT2D eigenvalue weighted by Crippen LogP contribution is -2.28. The number of hydrogen-bond acceptors (Lipinski definition) is 7. The zero-order chi connectivity index (χ0) is 24.2. The van der Waals surface area contributed by atoms with Gasteiger partial charge in [-0.3, -0.25) is 0 Å². The molecule has 0 amide bonds. The predicted molar refractivity (Wildman–Crippen MR) is 136 cm³/mol. The standard InChI is InChI=1S/C27H30N6O2/c1-35-26(34)21-11-7-18(8-12-21)15-29-27-30-16-23-24(20-5-3-2-4-6-20)32-33(25(23)31-27)17-19-9-13-22(28)14-10-19/h2-8,11-12,16,19,22H,9-10,13-15,17,28H2,1H3,(H,29,30,31). The first-order valence-electron chi connectivity index (χ1n) is 12.1. The second-order valence-corrected chi connectivity index (χ2v) is 9.15. The Labute approximate surface area is 204 Å². The van der Waals surface area contributed by atoms with Crippen LogP contribution in [0.3, 0.4) is 0 Å². The largest absolute Gasteiger partial charge is 0.465 e. The third-order valence-corrected chi connectivity index (χ3v) is 6.68. The third-order valence-electron chi connectivity index (χ3n) is 6.68. The van der Waals surface area contributed by atoms with Crippen molar-refractivity contribution in [3.8, 4) is 11.3 Å². The summed E-state index contributed by atoms with van der Waals surface area (Å²) in [6.07, 6.45) is 6.20. The van der Waals surface area contributed by atoms with E-state index < -0.39 is 0 Å². The normalized spacial score (nSPS) is 17.9. The molecule has 0 bridgehead atoms. The molecule has 0 saturated heterocycles. The molecule has 8 heteroatoms. The van der Waals surface area contributed by atoms with Crippen molar-refractivity contribution in [2.75, 3.05) is 12.4 Å². The van der Waals surface area contributed by atoms with E-state index in [1.54, 1.807) is 12.1 Å². The number of hydrogen-bond donors (Lipinski definition) is 2. The highest BCUT2D eigenvalue weighted by Gasteiger charge is 2.22. The molecule has 2 aromatic carbocycles. The van der Waals surface area contributed by atoms with Crippen LogP contribution >= 0.6 is 0 Å². The molecule has 0 aliphatic heterocycles. The van der Waals surface area contributed by atoms with E-state index in [0.29, 0.717) is 30.0 Å². The molecule has 0 unspecified atom stereocenters. The fourth-order valence-corrected chi connectivity index (χ4v) is 4.65. The molecule has 0 spiro atoms. The van der Waals surface area contributed by atoms with Gasteiger partial charge in [-0.1, -0.05) is 42.5 Å². The maximum absolute atomic E-state index is 11.7. The van der Waals surface area contributed by atoms with Crippen LogP contribution in [0.25, 0.3) is 22.3 Å². The minimum absolute atomic E-state index is 0.320. The van der Waals surface area contributed by atoms with Crippen molar-refractivity contribution in [2.45, 2.75) is 44.8 Å². The van der Waals surface area contributed by atoms with Gasteiger partial charge in [-0.25, -0.2) is 14.5 Å². The van der Waals surface area contributed by atoms with Crippen LogP contribution in [-0.2, 0) is 17.8 Å². The highest BCUT2D eigenvalue weighted by Crippen LogP contribution is 2.30. The molecule has 1 fully saturated rings. The molecule has 5 rings (SSSR count). The summed E-state index contributed by atoms with van der Waals surface area (Å²) in [5, 5.41) is 9.22. The van der Waals surface area contributed by atoms with Crippen LogP contribution in [0.4, 0.5) is 5.95 Å². The van der Waals surface area contributed by atoms with Gasteiger partial charge in [0.25, 0.3) is 0 Å². The average Bonchev–Trinajstić information content (AvgIpc) is 3.26. The Kier molecular flexibility index (Phi) is 6.72. The number of fused-ring (bicyclic) bond motifs is 1. The SMILES string of the molecule is COC(=O)c1ccc(CNc2ncc3c(-c4ccccc4)nn(CC4CCC(N)CC4)c3n2)cc1. The van der Waals surface area contributed by atoms with Gasteiger partial charge in [0, 0.05) is 30.9 Å². The summed E-state index contributed by atoms with van der Waals surface area (Å²) in [5.74, 6) is 0.739. The van der Waals surface area contributed by atoms with Gasteiger partial charge in [-0.05, 0) is 49.3 Å². The Balaban J connectivity index is 1.40. The minimum atomic E-state index is -0.347. The molecule has 8 nitrogen and oxygen atoms in total. The van der Waals surface area contributed by atoms with Crippen molar-refractivity contribution in [1.82, 2.24) is 19.7 Å². The Bertz CT molecular complexity index is 1290. The lowest BCUT2D eigenvalue weighted by Gasteiger charge is -2.25. The predicted octanol–water partition coefficient (Wildman–Crippen LogP) is 4.41. The number of esters is 1. The average molecular weight is 471 g/mol. The van der Waals surface area contributed by atoms with E-state index in [2.05, 4.69) is 22.4 Å². The van der Waals surface area contributed by atoms with E-state index in [4.69, 9.17) is 20.6 Å². The fraction of sp³-hybridized carbons (Fsp3) is 0.333. The van der Waals surface area contributed by atoms with E-state index in [0.717, 1.165) is 60.1 Å². The number of aromatic nitrogens is 4. The van der Waals surface area contributed by atoms with Crippen LogP contribution in [0, 0.1) is 5.92 Å². The van der Waals surface area contributed by atoms with Gasteiger partial charge in [0.15, 0.2) is 5.65 Å². The van der Waals surface area contributed by atoms with Crippen molar-refractivity contribution in [1.29, 1.82) is 0 Å². The van der Waals surface area contributed by atoms with E-state index in [-0.39, 0.29) is 5.97 Å². The topological polar surface area (TPSA) is 108 Å². The Morgan fingerprint density at radius 2 is 1.83 bits per heavy atom. The molecule has 0 atom stereocenters. The molecule has 1 saturated carbocycles. The smallest absolute Gasteiger partial charge is 0.337 e. The fourth-order valence-electron chi connectivity index (χ4n) is 4.65. The first kappa shape index (κ1) is 23.0. The van der Waals surface area contributed by atoms with Crippen LogP contribution in [0.15, 0.2) is 60.8 Å². The number of rotatable bonds is 7. The van der Waals surface area contributed by atoms with Crippen LogP contribution in [0.1, 0.15) is 41.6 Å². The Morgan fingerprint density at radius 1 is 1.09 bits per heavy atom. The summed E-state index contributed by atoms with van der Waals surface area (Å²) in [6.45, 7) is 1.36. The van der Waals surface area contributed by atoms with Crippen LogP contribution in [-0.4, -0.2) is 38.9 Å². The number of nitrogens with two attached hydrogens (primary N) is 1. The molecular formula is C27H30N6O2. The molecule has 180 valence electrons. The molecule has 2 heterocycles. The van der Waals surface area contributed by atoms with Crippen molar-refractivity contribution >= 4 is 23.0 Å². The summed E-state index contributed by atoms with van der Waals surface area (Å²) in [7, 11) is 1.38. The number of carbonyl (C=O) groups is 1. The number of benzene rings is 2. The van der Waals surface area contributed by atoms with E-state index in [1.165, 1.54) is 7.11 Å². The van der Waals surface area contributed by atoms with Gasteiger partial charge in [-0.15, -0.1) is 0 Å². The zero-order valence-corrected chi connectivity index (χ0v) is 19.9. The molecular weight excluding hydrogens is 440 g/mol.